The van der Waals surface area contributed by atoms with Crippen molar-refractivity contribution < 1.29 is 22.7 Å². The highest BCUT2D eigenvalue weighted by Crippen LogP contribution is 2.43. The minimum absolute atomic E-state index is 0.0530. The highest BCUT2D eigenvalue weighted by Gasteiger charge is 2.37. The number of ether oxygens (including phenoxy) is 2. The standard InChI is InChI=1S/C19H23N3O5S/c1-11-18-14(12-4-5-15(26-2)16(8-12)27-3)9-17(23)20-19(18)22(21-11)13-6-7-28(24,25)10-13/h4-5,8,13-14H,6-7,9-10H2,1-3H3,(H,20,23). The summed E-state index contributed by atoms with van der Waals surface area (Å²) in [4.78, 5) is 12.5. The first-order chi connectivity index (χ1) is 13.3. The molecule has 150 valence electrons. The summed E-state index contributed by atoms with van der Waals surface area (Å²) < 4.78 is 36.2. The number of sulfone groups is 1. The number of nitrogens with one attached hydrogen (secondary N) is 1. The lowest BCUT2D eigenvalue weighted by molar-refractivity contribution is -0.116. The summed E-state index contributed by atoms with van der Waals surface area (Å²) in [5.41, 5.74) is 2.64. The number of hydrogen-bond donors (Lipinski definition) is 1. The summed E-state index contributed by atoms with van der Waals surface area (Å²) in [5.74, 6) is 1.73. The second-order valence-corrected chi connectivity index (χ2v) is 9.50. The van der Waals surface area contributed by atoms with E-state index in [-0.39, 0.29) is 35.8 Å². The summed E-state index contributed by atoms with van der Waals surface area (Å²) in [6.45, 7) is 1.89. The summed E-state index contributed by atoms with van der Waals surface area (Å²) in [6, 6.07) is 5.37. The van der Waals surface area contributed by atoms with Gasteiger partial charge in [0, 0.05) is 17.9 Å². The Bertz CT molecular complexity index is 1040. The van der Waals surface area contributed by atoms with E-state index in [9.17, 15) is 13.2 Å². The van der Waals surface area contributed by atoms with Crippen LogP contribution in [0, 0.1) is 6.92 Å². The van der Waals surface area contributed by atoms with E-state index in [0.717, 1.165) is 16.8 Å². The summed E-state index contributed by atoms with van der Waals surface area (Å²) >= 11 is 0. The molecule has 1 N–H and O–H groups in total. The third-order valence-corrected chi connectivity index (χ3v) is 7.24. The number of aryl methyl sites for hydroxylation is 1. The quantitative estimate of drug-likeness (QED) is 0.836. The van der Waals surface area contributed by atoms with Gasteiger partial charge in [-0.1, -0.05) is 6.07 Å². The number of fused-ring (bicyclic) bond motifs is 1. The number of aromatic nitrogens is 2. The number of nitrogens with zero attached hydrogens (tertiary/aromatic N) is 2. The van der Waals surface area contributed by atoms with E-state index in [4.69, 9.17) is 9.47 Å². The molecule has 1 aromatic heterocycles. The minimum Gasteiger partial charge on any atom is -0.493 e. The van der Waals surface area contributed by atoms with Crippen LogP contribution in [0.3, 0.4) is 0 Å². The van der Waals surface area contributed by atoms with E-state index < -0.39 is 9.84 Å². The molecule has 0 radical (unpaired) electrons. The van der Waals surface area contributed by atoms with Gasteiger partial charge in [0.05, 0.1) is 37.5 Å². The van der Waals surface area contributed by atoms with Gasteiger partial charge in [0.2, 0.25) is 5.91 Å². The molecule has 9 heteroatoms. The monoisotopic (exact) mass is 405 g/mol. The molecule has 0 aliphatic carbocycles. The van der Waals surface area contributed by atoms with Crippen molar-refractivity contribution in [3.63, 3.8) is 0 Å². The Morgan fingerprint density at radius 3 is 2.61 bits per heavy atom. The average molecular weight is 405 g/mol. The lowest BCUT2D eigenvalue weighted by Crippen LogP contribution is -2.26. The Morgan fingerprint density at radius 1 is 1.21 bits per heavy atom. The van der Waals surface area contributed by atoms with Crippen molar-refractivity contribution in [2.75, 3.05) is 31.0 Å². The Morgan fingerprint density at radius 2 is 1.96 bits per heavy atom. The van der Waals surface area contributed by atoms with Crippen molar-refractivity contribution in [1.29, 1.82) is 0 Å². The molecule has 2 aliphatic rings. The molecule has 1 amide bonds. The molecule has 3 heterocycles. The molecule has 0 saturated carbocycles. The van der Waals surface area contributed by atoms with Crippen molar-refractivity contribution in [3.05, 3.63) is 35.0 Å². The topological polar surface area (TPSA) is 99.5 Å². The van der Waals surface area contributed by atoms with Crippen LogP contribution in [0.2, 0.25) is 0 Å². The lowest BCUT2D eigenvalue weighted by Gasteiger charge is -2.26. The van der Waals surface area contributed by atoms with E-state index in [1.54, 1.807) is 18.9 Å². The lowest BCUT2D eigenvalue weighted by atomic mass is 9.85. The van der Waals surface area contributed by atoms with Gasteiger partial charge in [-0.15, -0.1) is 0 Å². The summed E-state index contributed by atoms with van der Waals surface area (Å²) in [7, 11) is 0.0900. The van der Waals surface area contributed by atoms with Crippen molar-refractivity contribution >= 4 is 21.6 Å². The van der Waals surface area contributed by atoms with Crippen LogP contribution in [0.15, 0.2) is 18.2 Å². The fourth-order valence-corrected chi connectivity index (χ4v) is 5.85. The molecule has 28 heavy (non-hydrogen) atoms. The zero-order valence-corrected chi connectivity index (χ0v) is 16.9. The molecule has 0 spiro atoms. The van der Waals surface area contributed by atoms with Crippen molar-refractivity contribution in [2.45, 2.75) is 31.7 Å². The van der Waals surface area contributed by atoms with Crippen LogP contribution < -0.4 is 14.8 Å². The normalized spacial score (nSPS) is 23.2. The number of carbonyl (C=O) groups excluding carboxylic acids is 1. The highest BCUT2D eigenvalue weighted by molar-refractivity contribution is 7.91. The minimum atomic E-state index is -3.06. The number of hydrogen-bond acceptors (Lipinski definition) is 6. The molecule has 2 atom stereocenters. The van der Waals surface area contributed by atoms with Crippen LogP contribution >= 0.6 is 0 Å². The second-order valence-electron chi connectivity index (χ2n) is 7.27. The maximum Gasteiger partial charge on any atom is 0.226 e. The maximum atomic E-state index is 12.5. The fourth-order valence-electron chi connectivity index (χ4n) is 4.16. The van der Waals surface area contributed by atoms with Gasteiger partial charge in [-0.3, -0.25) is 4.79 Å². The largest absolute Gasteiger partial charge is 0.493 e. The van der Waals surface area contributed by atoms with Gasteiger partial charge in [-0.2, -0.15) is 5.10 Å². The van der Waals surface area contributed by atoms with Crippen LogP contribution in [0.1, 0.15) is 41.6 Å². The first-order valence-electron chi connectivity index (χ1n) is 9.14. The van der Waals surface area contributed by atoms with Crippen LogP contribution in [-0.2, 0) is 14.6 Å². The van der Waals surface area contributed by atoms with Gasteiger partial charge < -0.3 is 14.8 Å². The summed E-state index contributed by atoms with van der Waals surface area (Å²) in [6.07, 6.45) is 0.796. The van der Waals surface area contributed by atoms with Crippen LogP contribution in [0.4, 0.5) is 5.82 Å². The van der Waals surface area contributed by atoms with Crippen LogP contribution in [-0.4, -0.2) is 49.8 Å². The first kappa shape index (κ1) is 18.8. The molecule has 0 bridgehead atoms. The van der Waals surface area contributed by atoms with E-state index in [0.29, 0.717) is 23.7 Å². The van der Waals surface area contributed by atoms with Gasteiger partial charge in [0.15, 0.2) is 21.3 Å². The molecule has 1 fully saturated rings. The summed E-state index contributed by atoms with van der Waals surface area (Å²) in [5, 5.41) is 7.52. The number of amides is 1. The predicted octanol–water partition coefficient (Wildman–Crippen LogP) is 2.04. The number of rotatable bonds is 4. The zero-order chi connectivity index (χ0) is 20.1. The molecule has 2 aliphatic heterocycles. The number of benzene rings is 1. The third-order valence-electron chi connectivity index (χ3n) is 5.49. The number of carbonyl (C=O) groups is 1. The highest BCUT2D eigenvalue weighted by atomic mass is 32.2. The van der Waals surface area contributed by atoms with Crippen LogP contribution in [0.25, 0.3) is 0 Å². The number of anilines is 1. The molecular weight excluding hydrogens is 382 g/mol. The fraction of sp³-hybridized carbons (Fsp3) is 0.474. The Kier molecular flexibility index (Phi) is 4.57. The van der Waals surface area contributed by atoms with Gasteiger partial charge in [0.25, 0.3) is 0 Å². The van der Waals surface area contributed by atoms with Gasteiger partial charge in [-0.05, 0) is 31.0 Å². The Hall–Kier alpha value is -2.55. The van der Waals surface area contributed by atoms with Gasteiger partial charge >= 0.3 is 0 Å². The van der Waals surface area contributed by atoms with Gasteiger partial charge in [-0.25, -0.2) is 13.1 Å². The molecule has 2 unspecified atom stereocenters. The van der Waals surface area contributed by atoms with Crippen LogP contribution in [0.5, 0.6) is 11.5 Å². The van der Waals surface area contributed by atoms with Crippen molar-refractivity contribution in [2.24, 2.45) is 0 Å². The third kappa shape index (κ3) is 3.13. The Labute approximate surface area is 163 Å². The zero-order valence-electron chi connectivity index (χ0n) is 16.1. The van der Waals surface area contributed by atoms with Crippen molar-refractivity contribution in [1.82, 2.24) is 9.78 Å². The van der Waals surface area contributed by atoms with Gasteiger partial charge in [0.1, 0.15) is 5.82 Å². The maximum absolute atomic E-state index is 12.5. The van der Waals surface area contributed by atoms with Crippen molar-refractivity contribution in [3.8, 4) is 11.5 Å². The molecule has 4 rings (SSSR count). The molecule has 2 aromatic rings. The molecule has 8 nitrogen and oxygen atoms in total. The molecular formula is C19H23N3O5S. The molecule has 1 saturated heterocycles. The smallest absolute Gasteiger partial charge is 0.226 e. The average Bonchev–Trinajstić information content (AvgIpc) is 3.19. The first-order valence-corrected chi connectivity index (χ1v) is 11.0. The van der Waals surface area contributed by atoms with E-state index in [2.05, 4.69) is 10.4 Å². The predicted molar refractivity (Wildman–Crippen MR) is 104 cm³/mol. The SMILES string of the molecule is COc1ccc(C2CC(=O)Nc3c2c(C)nn3C2CCS(=O)(=O)C2)cc1OC. The number of methoxy groups -OCH3 is 2. The van der Waals surface area contributed by atoms with E-state index in [1.807, 2.05) is 25.1 Å². The van der Waals surface area contributed by atoms with E-state index in [1.165, 1.54) is 0 Å². The Balaban J connectivity index is 1.79. The second kappa shape index (κ2) is 6.80. The molecule has 1 aromatic carbocycles. The van der Waals surface area contributed by atoms with E-state index >= 15 is 0 Å².